The third-order valence-electron chi connectivity index (χ3n) is 4.38. The maximum atomic E-state index is 12.3. The van der Waals surface area contributed by atoms with E-state index in [1.807, 2.05) is 0 Å². The highest BCUT2D eigenvalue weighted by atomic mass is 32.2. The van der Waals surface area contributed by atoms with Gasteiger partial charge in [0, 0.05) is 24.3 Å². The van der Waals surface area contributed by atoms with Crippen LogP contribution in [0.3, 0.4) is 0 Å². The maximum absolute atomic E-state index is 12.3. The van der Waals surface area contributed by atoms with E-state index in [1.54, 1.807) is 20.8 Å². The van der Waals surface area contributed by atoms with Crippen molar-refractivity contribution in [2.75, 3.05) is 13.2 Å². The Labute approximate surface area is 163 Å². The fraction of sp³-hybridized carbons (Fsp3) is 0.650. The van der Waals surface area contributed by atoms with Gasteiger partial charge in [-0.2, -0.15) is 0 Å². The summed E-state index contributed by atoms with van der Waals surface area (Å²) in [5, 5.41) is 2.85. The number of amides is 1. The maximum Gasteiger partial charge on any atom is 0.251 e. The number of sulfonamides is 1. The van der Waals surface area contributed by atoms with Crippen LogP contribution in [0, 0.1) is 0 Å². The Hall–Kier alpha value is -1.44. The molecule has 7 heteroatoms. The number of hydrogen-bond acceptors (Lipinski definition) is 4. The zero-order chi connectivity index (χ0) is 19.9. The van der Waals surface area contributed by atoms with Gasteiger partial charge < -0.3 is 10.1 Å². The van der Waals surface area contributed by atoms with E-state index in [2.05, 4.69) is 10.0 Å². The summed E-state index contributed by atoms with van der Waals surface area (Å²) < 4.78 is 33.0. The van der Waals surface area contributed by atoms with Crippen LogP contribution in [0.4, 0.5) is 0 Å². The lowest BCUT2D eigenvalue weighted by atomic mass is 9.98. The first kappa shape index (κ1) is 21.9. The number of benzene rings is 1. The summed E-state index contributed by atoms with van der Waals surface area (Å²) in [6, 6.07) is 5.97. The second-order valence-electron chi connectivity index (χ2n) is 8.12. The highest BCUT2D eigenvalue weighted by Crippen LogP contribution is 2.20. The van der Waals surface area contributed by atoms with Crippen LogP contribution in [0.2, 0.25) is 0 Å². The molecular weight excluding hydrogens is 364 g/mol. The minimum Gasteiger partial charge on any atom is -0.378 e. The lowest BCUT2D eigenvalue weighted by Gasteiger charge is -2.21. The first-order valence-corrected chi connectivity index (χ1v) is 11.2. The molecule has 0 bridgehead atoms. The molecule has 1 aromatic carbocycles. The fourth-order valence-corrected chi connectivity index (χ4v) is 4.52. The Morgan fingerprint density at radius 3 is 2.33 bits per heavy atom. The van der Waals surface area contributed by atoms with E-state index in [-0.39, 0.29) is 10.8 Å². The summed E-state index contributed by atoms with van der Waals surface area (Å²) in [5.41, 5.74) is -0.118. The van der Waals surface area contributed by atoms with Crippen LogP contribution in [0.15, 0.2) is 29.2 Å². The molecule has 2 rings (SSSR count). The molecule has 1 saturated carbocycles. The number of carbonyl (C=O) groups excluding carboxylic acids is 1. The molecule has 0 aromatic heterocycles. The number of rotatable bonds is 8. The molecular formula is C20H32N2O4S. The van der Waals surface area contributed by atoms with Crippen molar-refractivity contribution in [1.82, 2.24) is 10.0 Å². The Morgan fingerprint density at radius 2 is 1.74 bits per heavy atom. The molecule has 1 aliphatic rings. The van der Waals surface area contributed by atoms with Crippen molar-refractivity contribution in [2.45, 2.75) is 75.8 Å². The predicted molar refractivity (Wildman–Crippen MR) is 106 cm³/mol. The standard InChI is InChI=1S/C20H32N2O4S/c1-20(2,3)22-27(24,25)18-12-10-16(11-13-18)19(23)21-14-7-15-26-17-8-5-4-6-9-17/h10-13,17,22H,4-9,14-15H2,1-3H3,(H,21,23). The highest BCUT2D eigenvalue weighted by molar-refractivity contribution is 7.89. The summed E-state index contributed by atoms with van der Waals surface area (Å²) >= 11 is 0. The van der Waals surface area contributed by atoms with Gasteiger partial charge in [-0.05, 0) is 64.3 Å². The van der Waals surface area contributed by atoms with E-state index >= 15 is 0 Å². The minimum absolute atomic E-state index is 0.148. The molecule has 0 aliphatic heterocycles. The van der Waals surface area contributed by atoms with Gasteiger partial charge in [0.15, 0.2) is 0 Å². The first-order chi connectivity index (χ1) is 12.7. The van der Waals surface area contributed by atoms with Crippen LogP contribution in [0.25, 0.3) is 0 Å². The van der Waals surface area contributed by atoms with Gasteiger partial charge in [-0.15, -0.1) is 0 Å². The topological polar surface area (TPSA) is 84.5 Å². The molecule has 0 heterocycles. The molecule has 0 radical (unpaired) electrons. The summed E-state index contributed by atoms with van der Waals surface area (Å²) in [6.45, 7) is 6.54. The number of nitrogens with one attached hydrogen (secondary N) is 2. The van der Waals surface area contributed by atoms with Gasteiger partial charge >= 0.3 is 0 Å². The Kier molecular flexibility index (Phi) is 7.82. The molecule has 0 unspecified atom stereocenters. The summed E-state index contributed by atoms with van der Waals surface area (Å²) in [4.78, 5) is 12.3. The van der Waals surface area contributed by atoms with Crippen LogP contribution >= 0.6 is 0 Å². The summed E-state index contributed by atoms with van der Waals surface area (Å²) in [6.07, 6.45) is 7.24. The van der Waals surface area contributed by atoms with Crippen LogP contribution in [0.1, 0.15) is 69.7 Å². The van der Waals surface area contributed by atoms with E-state index in [9.17, 15) is 13.2 Å². The molecule has 0 spiro atoms. The van der Waals surface area contributed by atoms with Crippen molar-refractivity contribution in [3.05, 3.63) is 29.8 Å². The molecule has 1 aliphatic carbocycles. The zero-order valence-corrected chi connectivity index (χ0v) is 17.4. The predicted octanol–water partition coefficient (Wildman–Crippen LogP) is 3.23. The van der Waals surface area contributed by atoms with Crippen molar-refractivity contribution < 1.29 is 17.9 Å². The molecule has 1 aromatic rings. The van der Waals surface area contributed by atoms with E-state index in [4.69, 9.17) is 4.74 Å². The Morgan fingerprint density at radius 1 is 1.11 bits per heavy atom. The zero-order valence-electron chi connectivity index (χ0n) is 16.6. The number of hydrogen-bond donors (Lipinski definition) is 2. The average Bonchev–Trinajstić information content (AvgIpc) is 2.60. The van der Waals surface area contributed by atoms with E-state index in [0.717, 1.165) is 19.3 Å². The van der Waals surface area contributed by atoms with Crippen molar-refractivity contribution in [2.24, 2.45) is 0 Å². The van der Waals surface area contributed by atoms with Crippen LogP contribution in [-0.4, -0.2) is 39.1 Å². The van der Waals surface area contributed by atoms with Gasteiger partial charge in [-0.25, -0.2) is 13.1 Å². The van der Waals surface area contributed by atoms with Gasteiger partial charge in [0.05, 0.1) is 11.0 Å². The highest BCUT2D eigenvalue weighted by Gasteiger charge is 2.22. The van der Waals surface area contributed by atoms with Gasteiger partial charge in [0.25, 0.3) is 5.91 Å². The van der Waals surface area contributed by atoms with Gasteiger partial charge in [0.2, 0.25) is 10.0 Å². The Balaban J connectivity index is 1.76. The molecule has 0 atom stereocenters. The summed E-state index contributed by atoms with van der Waals surface area (Å²) in [7, 11) is -3.59. The smallest absolute Gasteiger partial charge is 0.251 e. The van der Waals surface area contributed by atoms with Crippen molar-refractivity contribution >= 4 is 15.9 Å². The Bertz CT molecular complexity index is 702. The van der Waals surface area contributed by atoms with Crippen LogP contribution in [-0.2, 0) is 14.8 Å². The lowest BCUT2D eigenvalue weighted by molar-refractivity contribution is 0.0273. The van der Waals surface area contributed by atoms with Gasteiger partial charge in [-0.3, -0.25) is 4.79 Å². The molecule has 2 N–H and O–H groups in total. The monoisotopic (exact) mass is 396 g/mol. The molecule has 0 saturated heterocycles. The average molecular weight is 397 g/mol. The lowest BCUT2D eigenvalue weighted by Crippen LogP contribution is -2.40. The molecule has 1 fully saturated rings. The fourth-order valence-electron chi connectivity index (χ4n) is 3.11. The van der Waals surface area contributed by atoms with Crippen molar-refractivity contribution in [3.8, 4) is 0 Å². The van der Waals surface area contributed by atoms with Crippen LogP contribution < -0.4 is 10.0 Å². The molecule has 1 amide bonds. The quantitative estimate of drug-likeness (QED) is 0.661. The largest absolute Gasteiger partial charge is 0.378 e. The van der Waals surface area contributed by atoms with E-state index in [1.165, 1.54) is 43.5 Å². The number of ether oxygens (including phenoxy) is 1. The second-order valence-corrected chi connectivity index (χ2v) is 9.80. The SMILES string of the molecule is CC(C)(C)NS(=O)(=O)c1ccc(C(=O)NCCCOC2CCCCC2)cc1. The van der Waals surface area contributed by atoms with E-state index < -0.39 is 15.6 Å². The van der Waals surface area contributed by atoms with E-state index in [0.29, 0.717) is 24.8 Å². The third-order valence-corrected chi connectivity index (χ3v) is 6.15. The third kappa shape index (κ3) is 7.60. The second kappa shape index (κ2) is 9.66. The van der Waals surface area contributed by atoms with Crippen LogP contribution in [0.5, 0.6) is 0 Å². The van der Waals surface area contributed by atoms with Gasteiger partial charge in [0.1, 0.15) is 0 Å². The minimum atomic E-state index is -3.59. The molecule has 27 heavy (non-hydrogen) atoms. The molecule has 6 nitrogen and oxygen atoms in total. The summed E-state index contributed by atoms with van der Waals surface area (Å²) in [5.74, 6) is -0.208. The van der Waals surface area contributed by atoms with Crippen molar-refractivity contribution in [3.63, 3.8) is 0 Å². The molecule has 152 valence electrons. The van der Waals surface area contributed by atoms with Crippen molar-refractivity contribution in [1.29, 1.82) is 0 Å². The first-order valence-electron chi connectivity index (χ1n) is 9.71. The number of carbonyl (C=O) groups is 1. The van der Waals surface area contributed by atoms with Gasteiger partial charge in [-0.1, -0.05) is 19.3 Å². The normalized spacial score (nSPS) is 16.3.